The Morgan fingerprint density at radius 3 is 2.27 bits per heavy atom. The fourth-order valence-electron chi connectivity index (χ4n) is 2.55. The number of non-ortho nitro benzene ring substituents is 1. The van der Waals surface area contributed by atoms with E-state index in [2.05, 4.69) is 6.07 Å². The highest BCUT2D eigenvalue weighted by Gasteiger charge is 2.17. The molecular weight excluding hydrogens is 404 g/mol. The molecule has 148 valence electrons. The summed E-state index contributed by atoms with van der Waals surface area (Å²) in [5, 5.41) is 19.9. The molecule has 0 atom stereocenters. The number of ether oxygens (including phenoxy) is 1. The quantitative estimate of drug-likeness (QED) is 0.237. The van der Waals surface area contributed by atoms with Crippen LogP contribution in [-0.2, 0) is 4.74 Å². The predicted octanol–water partition coefficient (Wildman–Crippen LogP) is 4.66. The van der Waals surface area contributed by atoms with Crippen LogP contribution in [0.2, 0.25) is 0 Å². The highest BCUT2D eigenvalue weighted by Crippen LogP contribution is 2.32. The van der Waals surface area contributed by atoms with Crippen LogP contribution in [0, 0.1) is 21.4 Å². The summed E-state index contributed by atoms with van der Waals surface area (Å²) in [5.41, 5.74) is 0.830. The number of carbonyl (C=O) groups is 2. The number of rotatable bonds is 7. The summed E-state index contributed by atoms with van der Waals surface area (Å²) in [4.78, 5) is 36.2. The average molecular weight is 418 g/mol. The van der Waals surface area contributed by atoms with Crippen molar-refractivity contribution < 1.29 is 19.2 Å². The Kier molecular flexibility index (Phi) is 6.57. The van der Waals surface area contributed by atoms with Gasteiger partial charge >= 0.3 is 5.97 Å². The maximum atomic E-state index is 12.5. The van der Waals surface area contributed by atoms with Gasteiger partial charge in [-0.05, 0) is 36.4 Å². The molecule has 7 nitrogen and oxygen atoms in total. The second-order valence-corrected chi connectivity index (χ2v) is 7.09. The van der Waals surface area contributed by atoms with Crippen molar-refractivity contribution in [3.63, 3.8) is 0 Å². The van der Waals surface area contributed by atoms with Crippen LogP contribution in [0.3, 0.4) is 0 Å². The Morgan fingerprint density at radius 1 is 0.967 bits per heavy atom. The van der Waals surface area contributed by atoms with Crippen LogP contribution in [0.15, 0.2) is 82.6 Å². The Balaban J connectivity index is 1.71. The molecule has 0 unspecified atom stereocenters. The molecule has 0 aromatic heterocycles. The number of Topliss-reactive ketones (excluding diaryl/α,β-unsaturated/α-hetero) is 1. The summed E-state index contributed by atoms with van der Waals surface area (Å²) in [5.74, 6) is -1.15. The van der Waals surface area contributed by atoms with Gasteiger partial charge in [0.2, 0.25) is 0 Å². The van der Waals surface area contributed by atoms with Gasteiger partial charge < -0.3 is 4.74 Å². The fraction of sp³-hybridized carbons (Fsp3) is 0.0455. The number of carbonyl (C=O) groups excluding carboxylic acids is 2. The van der Waals surface area contributed by atoms with Crippen LogP contribution in [0.25, 0.3) is 0 Å². The molecule has 0 saturated heterocycles. The lowest BCUT2D eigenvalue weighted by Gasteiger charge is -2.10. The minimum absolute atomic E-state index is 0.132. The summed E-state index contributed by atoms with van der Waals surface area (Å²) in [6, 6.07) is 20.9. The molecular formula is C22H14N2O5S. The van der Waals surface area contributed by atoms with Gasteiger partial charge in [-0.3, -0.25) is 14.9 Å². The van der Waals surface area contributed by atoms with Crippen molar-refractivity contribution in [2.24, 2.45) is 0 Å². The number of nitrogens with zero attached hydrogens (tertiary/aromatic N) is 2. The number of ketones is 1. The Morgan fingerprint density at radius 2 is 1.60 bits per heavy atom. The van der Waals surface area contributed by atoms with Crippen LogP contribution < -0.4 is 0 Å². The molecule has 0 N–H and O–H groups in total. The van der Waals surface area contributed by atoms with Crippen molar-refractivity contribution >= 4 is 29.2 Å². The van der Waals surface area contributed by atoms with E-state index in [0.29, 0.717) is 15.4 Å². The number of nitro benzene ring substituents is 1. The van der Waals surface area contributed by atoms with E-state index < -0.39 is 23.3 Å². The lowest BCUT2D eigenvalue weighted by atomic mass is 10.1. The van der Waals surface area contributed by atoms with Crippen LogP contribution in [0.1, 0.15) is 26.3 Å². The average Bonchev–Trinajstić information content (AvgIpc) is 2.78. The first kappa shape index (κ1) is 20.8. The van der Waals surface area contributed by atoms with E-state index in [-0.39, 0.29) is 16.8 Å². The minimum Gasteiger partial charge on any atom is -0.454 e. The first-order valence-corrected chi connectivity index (χ1v) is 9.52. The highest BCUT2D eigenvalue weighted by molar-refractivity contribution is 7.99. The van der Waals surface area contributed by atoms with E-state index >= 15 is 0 Å². The maximum Gasteiger partial charge on any atom is 0.339 e. The van der Waals surface area contributed by atoms with Gasteiger partial charge in [-0.25, -0.2) is 4.79 Å². The first-order chi connectivity index (χ1) is 14.5. The van der Waals surface area contributed by atoms with E-state index in [1.807, 2.05) is 0 Å². The van der Waals surface area contributed by atoms with Gasteiger partial charge in [0.25, 0.3) is 5.69 Å². The van der Waals surface area contributed by atoms with Gasteiger partial charge in [-0.15, -0.1) is 0 Å². The highest BCUT2D eigenvalue weighted by atomic mass is 32.2. The monoisotopic (exact) mass is 418 g/mol. The third-order valence-corrected chi connectivity index (χ3v) is 5.22. The van der Waals surface area contributed by atoms with Crippen molar-refractivity contribution in [1.82, 2.24) is 0 Å². The van der Waals surface area contributed by atoms with Crippen molar-refractivity contribution in [2.75, 3.05) is 6.61 Å². The van der Waals surface area contributed by atoms with E-state index in [4.69, 9.17) is 4.74 Å². The molecule has 30 heavy (non-hydrogen) atoms. The molecule has 0 saturated carbocycles. The summed E-state index contributed by atoms with van der Waals surface area (Å²) >= 11 is 1.26. The second-order valence-electron chi connectivity index (χ2n) is 6.01. The zero-order valence-electron chi connectivity index (χ0n) is 15.5. The van der Waals surface area contributed by atoms with Crippen molar-refractivity contribution in [3.05, 3.63) is 99.6 Å². The third kappa shape index (κ3) is 4.90. The first-order valence-electron chi connectivity index (χ1n) is 8.70. The fourth-order valence-corrected chi connectivity index (χ4v) is 3.57. The molecule has 0 bridgehead atoms. The SMILES string of the molecule is N#Cc1ccccc1Sc1ccccc1C(=O)OCC(=O)c1ccc([N+](=O)[O-])cc1. The summed E-state index contributed by atoms with van der Waals surface area (Å²) in [7, 11) is 0. The predicted molar refractivity (Wildman–Crippen MR) is 109 cm³/mol. The van der Waals surface area contributed by atoms with E-state index in [0.717, 1.165) is 0 Å². The lowest BCUT2D eigenvalue weighted by molar-refractivity contribution is -0.384. The number of nitro groups is 1. The van der Waals surface area contributed by atoms with Crippen molar-refractivity contribution in [3.8, 4) is 6.07 Å². The van der Waals surface area contributed by atoms with Crippen LogP contribution in [0.4, 0.5) is 5.69 Å². The molecule has 0 radical (unpaired) electrons. The number of nitriles is 1. The van der Waals surface area contributed by atoms with Crippen LogP contribution in [0.5, 0.6) is 0 Å². The molecule has 8 heteroatoms. The largest absolute Gasteiger partial charge is 0.454 e. The van der Waals surface area contributed by atoms with Gasteiger partial charge in [-0.1, -0.05) is 36.0 Å². The van der Waals surface area contributed by atoms with Gasteiger partial charge in [0.15, 0.2) is 12.4 Å². The van der Waals surface area contributed by atoms with Gasteiger partial charge in [0.1, 0.15) is 6.07 Å². The standard InChI is InChI=1S/C22H14N2O5S/c23-13-16-5-1-3-7-20(16)30-21-8-4-2-6-18(21)22(26)29-14-19(25)15-9-11-17(12-10-15)24(27)28/h1-12H,14H2. The van der Waals surface area contributed by atoms with Crippen molar-refractivity contribution in [1.29, 1.82) is 5.26 Å². The Hall–Kier alpha value is -3.96. The van der Waals surface area contributed by atoms with Gasteiger partial charge in [0, 0.05) is 27.5 Å². The second kappa shape index (κ2) is 9.49. The number of hydrogen-bond acceptors (Lipinski definition) is 7. The van der Waals surface area contributed by atoms with Crippen LogP contribution >= 0.6 is 11.8 Å². The zero-order chi connectivity index (χ0) is 21.5. The number of hydrogen-bond donors (Lipinski definition) is 0. The Bertz CT molecular complexity index is 1150. The molecule has 0 aliphatic heterocycles. The smallest absolute Gasteiger partial charge is 0.339 e. The molecule has 3 aromatic carbocycles. The van der Waals surface area contributed by atoms with Crippen LogP contribution in [-0.4, -0.2) is 23.3 Å². The summed E-state index contributed by atoms with van der Waals surface area (Å²) in [6.45, 7) is -0.496. The van der Waals surface area contributed by atoms with Gasteiger partial charge in [0.05, 0.1) is 16.1 Å². The zero-order valence-corrected chi connectivity index (χ0v) is 16.3. The maximum absolute atomic E-state index is 12.5. The third-order valence-electron chi connectivity index (χ3n) is 4.07. The summed E-state index contributed by atoms with van der Waals surface area (Å²) in [6.07, 6.45) is 0. The molecule has 3 rings (SSSR count). The van der Waals surface area contributed by atoms with Gasteiger partial charge in [-0.2, -0.15) is 5.26 Å². The van der Waals surface area contributed by atoms with E-state index in [1.54, 1.807) is 48.5 Å². The molecule has 3 aromatic rings. The molecule has 0 aliphatic carbocycles. The lowest BCUT2D eigenvalue weighted by Crippen LogP contribution is -2.15. The summed E-state index contributed by atoms with van der Waals surface area (Å²) < 4.78 is 5.16. The number of esters is 1. The molecule has 0 aliphatic rings. The normalized spacial score (nSPS) is 10.1. The molecule has 0 heterocycles. The molecule has 0 spiro atoms. The number of benzene rings is 3. The van der Waals surface area contributed by atoms with E-state index in [1.165, 1.54) is 36.0 Å². The Labute approximate surface area is 176 Å². The van der Waals surface area contributed by atoms with Crippen molar-refractivity contribution in [2.45, 2.75) is 9.79 Å². The topological polar surface area (TPSA) is 110 Å². The minimum atomic E-state index is -0.678. The molecule has 0 amide bonds. The molecule has 0 fully saturated rings. The van der Waals surface area contributed by atoms with E-state index in [9.17, 15) is 25.0 Å².